The van der Waals surface area contributed by atoms with Gasteiger partial charge in [0.1, 0.15) is 6.10 Å². The van der Waals surface area contributed by atoms with E-state index < -0.39 is 0 Å². The van der Waals surface area contributed by atoms with E-state index in [1.54, 1.807) is 11.8 Å². The topological polar surface area (TPSA) is 24.1 Å². The predicted molar refractivity (Wildman–Crippen MR) is 43.4 cm³/mol. The predicted octanol–water partition coefficient (Wildman–Crippen LogP) is 0.441. The van der Waals surface area contributed by atoms with Crippen LogP contribution in [-0.4, -0.2) is 17.0 Å². The van der Waals surface area contributed by atoms with Gasteiger partial charge in [-0.2, -0.15) is 4.57 Å². The van der Waals surface area contributed by atoms with Crippen LogP contribution in [0.1, 0.15) is 0 Å². The highest BCUT2D eigenvalue weighted by atomic mass is 32.2. The van der Waals surface area contributed by atoms with Crippen LogP contribution < -0.4 is 4.57 Å². The summed E-state index contributed by atoms with van der Waals surface area (Å²) >= 11 is 1.71. The highest BCUT2D eigenvalue weighted by Gasteiger charge is 2.22. The van der Waals surface area contributed by atoms with Crippen molar-refractivity contribution in [1.29, 1.82) is 0 Å². The summed E-state index contributed by atoms with van der Waals surface area (Å²) in [7, 11) is 0. The Kier molecular flexibility index (Phi) is 1.84. The summed E-state index contributed by atoms with van der Waals surface area (Å²) in [6, 6.07) is 6.09. The summed E-state index contributed by atoms with van der Waals surface area (Å²) < 4.78 is 2.08. The van der Waals surface area contributed by atoms with Crippen molar-refractivity contribution in [3.63, 3.8) is 0 Å². The molecule has 0 fully saturated rings. The van der Waals surface area contributed by atoms with Gasteiger partial charge in [0, 0.05) is 17.9 Å². The zero-order chi connectivity index (χ0) is 7.68. The average Bonchev–Trinajstić information content (AvgIpc) is 2.04. The van der Waals surface area contributed by atoms with E-state index in [0.717, 1.165) is 12.3 Å². The third-order valence-corrected chi connectivity index (χ3v) is 2.95. The van der Waals surface area contributed by atoms with Gasteiger partial charge in [-0.05, 0) is 6.07 Å². The smallest absolute Gasteiger partial charge is 0.240 e. The minimum Gasteiger partial charge on any atom is -0.386 e. The lowest BCUT2D eigenvalue weighted by atomic mass is 10.4. The fourth-order valence-electron chi connectivity index (χ4n) is 1.20. The van der Waals surface area contributed by atoms with Crippen LogP contribution in [0, 0.1) is 0 Å². The molecule has 0 saturated carbocycles. The molecular formula is C8H10NOS+. The van der Waals surface area contributed by atoms with Crippen LogP contribution >= 0.6 is 11.8 Å². The minimum absolute atomic E-state index is 0.181. The number of hydrogen-bond donors (Lipinski definition) is 1. The Morgan fingerprint density at radius 1 is 1.55 bits per heavy atom. The number of fused-ring (bicyclic) bond motifs is 1. The van der Waals surface area contributed by atoms with Gasteiger partial charge >= 0.3 is 0 Å². The van der Waals surface area contributed by atoms with Gasteiger partial charge in [-0.1, -0.05) is 11.8 Å². The van der Waals surface area contributed by atoms with E-state index in [9.17, 15) is 5.11 Å². The molecule has 1 aliphatic heterocycles. The summed E-state index contributed by atoms with van der Waals surface area (Å²) in [4.78, 5) is 0. The number of rotatable bonds is 0. The van der Waals surface area contributed by atoms with Crippen molar-refractivity contribution in [3.05, 3.63) is 24.4 Å². The van der Waals surface area contributed by atoms with Gasteiger partial charge in [-0.3, -0.25) is 0 Å². The molecule has 2 heterocycles. The van der Waals surface area contributed by atoms with Crippen LogP contribution in [-0.2, 0) is 6.54 Å². The van der Waals surface area contributed by atoms with Crippen molar-refractivity contribution in [2.45, 2.75) is 17.7 Å². The fourth-order valence-corrected chi connectivity index (χ4v) is 2.15. The van der Waals surface area contributed by atoms with Gasteiger partial charge in [0.15, 0.2) is 12.7 Å². The van der Waals surface area contributed by atoms with Crippen molar-refractivity contribution < 1.29 is 9.67 Å². The first-order valence-electron chi connectivity index (χ1n) is 3.65. The molecule has 0 saturated heterocycles. The average molecular weight is 168 g/mol. The zero-order valence-electron chi connectivity index (χ0n) is 6.10. The molecule has 1 atom stereocenters. The van der Waals surface area contributed by atoms with E-state index in [0.29, 0.717) is 0 Å². The van der Waals surface area contributed by atoms with Crippen LogP contribution in [0.2, 0.25) is 0 Å². The zero-order valence-corrected chi connectivity index (χ0v) is 6.92. The highest BCUT2D eigenvalue weighted by Crippen LogP contribution is 2.17. The molecule has 3 heteroatoms. The molecule has 2 nitrogen and oxygen atoms in total. The number of pyridine rings is 1. The molecule has 1 aliphatic rings. The minimum atomic E-state index is -0.181. The Morgan fingerprint density at radius 3 is 3.36 bits per heavy atom. The quantitative estimate of drug-likeness (QED) is 0.568. The molecule has 1 aromatic heterocycles. The summed E-state index contributed by atoms with van der Waals surface area (Å²) in [5, 5.41) is 10.6. The molecule has 0 spiro atoms. The monoisotopic (exact) mass is 168 g/mol. The number of thioether (sulfide) groups is 1. The Balaban J connectivity index is 2.34. The van der Waals surface area contributed by atoms with E-state index in [4.69, 9.17) is 0 Å². The number of aliphatic hydroxyl groups is 1. The van der Waals surface area contributed by atoms with Crippen LogP contribution in [0.25, 0.3) is 0 Å². The Hall–Kier alpha value is -0.540. The lowest BCUT2D eigenvalue weighted by Crippen LogP contribution is -2.45. The third kappa shape index (κ3) is 1.39. The van der Waals surface area contributed by atoms with E-state index in [1.807, 2.05) is 18.3 Å². The summed E-state index contributed by atoms with van der Waals surface area (Å²) in [6.07, 6.45) is 1.82. The third-order valence-electron chi connectivity index (χ3n) is 1.73. The van der Waals surface area contributed by atoms with Gasteiger partial charge in [-0.15, -0.1) is 0 Å². The standard InChI is InChI=1S/C8H10NOS/c10-7-5-9-4-2-1-3-8(9)11-6-7/h1-4,7,10H,5-6H2/q+1/t7-/m0/s1. The van der Waals surface area contributed by atoms with Crippen LogP contribution in [0.5, 0.6) is 0 Å². The molecule has 1 aromatic rings. The molecule has 0 aliphatic carbocycles. The van der Waals surface area contributed by atoms with Gasteiger partial charge in [0.05, 0.1) is 0 Å². The second-order valence-corrected chi connectivity index (χ2v) is 3.70. The van der Waals surface area contributed by atoms with E-state index in [-0.39, 0.29) is 6.10 Å². The molecular weight excluding hydrogens is 158 g/mol. The molecule has 58 valence electrons. The maximum Gasteiger partial charge on any atom is 0.240 e. The van der Waals surface area contributed by atoms with Crippen molar-refractivity contribution in [2.75, 3.05) is 5.75 Å². The molecule has 0 amide bonds. The maximum absolute atomic E-state index is 9.31. The maximum atomic E-state index is 9.31. The first-order chi connectivity index (χ1) is 5.36. The molecule has 11 heavy (non-hydrogen) atoms. The Bertz CT molecular complexity index is 264. The van der Waals surface area contributed by atoms with Crippen LogP contribution in [0.15, 0.2) is 29.4 Å². The SMILES string of the molecule is O[C@@H]1CSc2cccc[n+]2C1. The van der Waals surface area contributed by atoms with Crippen molar-refractivity contribution in [1.82, 2.24) is 0 Å². The molecule has 0 bridgehead atoms. The largest absolute Gasteiger partial charge is 0.386 e. The Labute approximate surface area is 69.9 Å². The lowest BCUT2D eigenvalue weighted by molar-refractivity contribution is -0.740. The van der Waals surface area contributed by atoms with Crippen molar-refractivity contribution in [3.8, 4) is 0 Å². The molecule has 0 radical (unpaired) electrons. The number of nitrogens with zero attached hydrogens (tertiary/aromatic N) is 1. The van der Waals surface area contributed by atoms with E-state index in [1.165, 1.54) is 5.03 Å². The summed E-state index contributed by atoms with van der Waals surface area (Å²) in [5.74, 6) is 0.823. The van der Waals surface area contributed by atoms with Gasteiger partial charge in [0.25, 0.3) is 0 Å². The van der Waals surface area contributed by atoms with E-state index in [2.05, 4.69) is 10.6 Å². The summed E-state index contributed by atoms with van der Waals surface area (Å²) in [5.41, 5.74) is 0. The van der Waals surface area contributed by atoms with Crippen LogP contribution in [0.3, 0.4) is 0 Å². The second kappa shape index (κ2) is 2.83. The number of aromatic nitrogens is 1. The van der Waals surface area contributed by atoms with Gasteiger partial charge in [-0.25, -0.2) is 0 Å². The number of hydrogen-bond acceptors (Lipinski definition) is 2. The first kappa shape index (κ1) is 7.13. The molecule has 0 aromatic carbocycles. The normalized spacial score (nSPS) is 22.8. The van der Waals surface area contributed by atoms with Crippen molar-refractivity contribution >= 4 is 11.8 Å². The first-order valence-corrected chi connectivity index (χ1v) is 4.64. The van der Waals surface area contributed by atoms with Crippen LogP contribution in [0.4, 0.5) is 0 Å². The lowest BCUT2D eigenvalue weighted by Gasteiger charge is -2.13. The Morgan fingerprint density at radius 2 is 2.45 bits per heavy atom. The van der Waals surface area contributed by atoms with Crippen molar-refractivity contribution in [2.24, 2.45) is 0 Å². The molecule has 2 rings (SSSR count). The fraction of sp³-hybridized carbons (Fsp3) is 0.375. The molecule has 1 N–H and O–H groups in total. The highest BCUT2D eigenvalue weighted by molar-refractivity contribution is 7.99. The van der Waals surface area contributed by atoms with Gasteiger partial charge in [0.2, 0.25) is 5.03 Å². The van der Waals surface area contributed by atoms with Gasteiger partial charge < -0.3 is 5.11 Å². The molecule has 0 unspecified atom stereocenters. The number of aliphatic hydroxyl groups excluding tert-OH is 1. The second-order valence-electron chi connectivity index (χ2n) is 2.66. The summed E-state index contributed by atoms with van der Waals surface area (Å²) in [6.45, 7) is 0.739. The van der Waals surface area contributed by atoms with E-state index >= 15 is 0 Å².